The van der Waals surface area contributed by atoms with Gasteiger partial charge in [-0.05, 0) is 141 Å². The van der Waals surface area contributed by atoms with Crippen molar-refractivity contribution in [2.75, 3.05) is 9.80 Å². The van der Waals surface area contributed by atoms with E-state index >= 15 is 0 Å². The second-order valence-corrected chi connectivity index (χ2v) is 18.9. The molecule has 0 saturated carbocycles. The summed E-state index contributed by atoms with van der Waals surface area (Å²) in [7, 11) is 0. The third-order valence-corrected chi connectivity index (χ3v) is 14.7. The molecule has 0 N–H and O–H groups in total. The zero-order valence-electron chi connectivity index (χ0n) is 39.4. The van der Waals surface area contributed by atoms with E-state index in [0.717, 1.165) is 133 Å². The van der Waals surface area contributed by atoms with Crippen molar-refractivity contribution in [1.29, 1.82) is 0 Å². The smallest absolute Gasteiger partial charge is 0.143 e. The van der Waals surface area contributed by atoms with Crippen LogP contribution in [0.3, 0.4) is 0 Å². The molecule has 0 fully saturated rings. The Bertz CT molecular complexity index is 4340. The largest absolute Gasteiger partial charge is 0.464 e. The van der Waals surface area contributed by atoms with E-state index in [4.69, 9.17) is 13.3 Å². The summed E-state index contributed by atoms with van der Waals surface area (Å²) in [5.74, 6) is 0. The molecule has 0 radical (unpaired) electrons. The lowest BCUT2D eigenvalue weighted by Crippen LogP contribution is -2.12. The fraction of sp³-hybridized carbons (Fsp3) is 0. The molecule has 0 spiro atoms. The first-order valence-electron chi connectivity index (χ1n) is 24.7. The summed E-state index contributed by atoms with van der Waals surface area (Å²) in [5.41, 5.74) is 13.9. The van der Waals surface area contributed by atoms with Gasteiger partial charge >= 0.3 is 0 Å². The number of hydrogen-bond acceptors (Lipinski definition) is 5. The zero-order valence-corrected chi connectivity index (χ0v) is 39.4. The van der Waals surface area contributed by atoms with Crippen molar-refractivity contribution in [3.8, 4) is 22.3 Å². The average Bonchev–Trinajstić information content (AvgIpc) is 4.22. The van der Waals surface area contributed by atoms with Gasteiger partial charge in [-0.1, -0.05) is 146 Å². The van der Waals surface area contributed by atoms with Crippen molar-refractivity contribution in [1.82, 2.24) is 0 Å². The highest BCUT2D eigenvalue weighted by Crippen LogP contribution is 2.49. The van der Waals surface area contributed by atoms with E-state index in [9.17, 15) is 0 Å². The predicted molar refractivity (Wildman–Crippen MR) is 304 cm³/mol. The van der Waals surface area contributed by atoms with E-state index in [2.05, 4.69) is 240 Å². The summed E-state index contributed by atoms with van der Waals surface area (Å²) < 4.78 is 19.5. The molecule has 0 aliphatic heterocycles. The molecule has 3 heterocycles. The van der Waals surface area contributed by atoms with Gasteiger partial charge < -0.3 is 23.1 Å². The Morgan fingerprint density at radius 2 is 0.685 bits per heavy atom. The van der Waals surface area contributed by atoms with Gasteiger partial charge in [-0.15, -0.1) is 0 Å². The Labute approximate surface area is 419 Å². The van der Waals surface area contributed by atoms with Crippen LogP contribution >= 0.6 is 0 Å². The van der Waals surface area contributed by atoms with Gasteiger partial charge in [0, 0.05) is 54.8 Å². The van der Waals surface area contributed by atoms with Gasteiger partial charge in [0.25, 0.3) is 0 Å². The van der Waals surface area contributed by atoms with E-state index in [0.29, 0.717) is 0 Å². The van der Waals surface area contributed by atoms with Crippen LogP contribution in [0.25, 0.3) is 109 Å². The number of fused-ring (bicyclic) bond motifs is 9. The molecular weight excluding hydrogens is 893 g/mol. The Morgan fingerprint density at radius 1 is 0.260 bits per heavy atom. The molecule has 0 unspecified atom stereocenters. The standard InChI is InChI=1S/C68H42N2O3/c1-3-15-45(16-4-1)65-61(31-27-47-33-35-71-67(47)65)69(59-23-11-19-43-13-7-9-21-55(43)59)53-29-25-49-39-57-58-40-50-26-30-54(38-52(50)42-64(58)73-63(57)41-51(49)37-53)70(60-24-12-20-44-14-8-10-22-56(44)60)62-32-28-48-34-36-72-68(48)66(62)46-17-5-2-6-18-46/h1-42H. The van der Waals surface area contributed by atoms with Crippen LogP contribution in [0.5, 0.6) is 0 Å². The second-order valence-electron chi connectivity index (χ2n) is 18.9. The van der Waals surface area contributed by atoms with Gasteiger partial charge in [0.2, 0.25) is 0 Å². The predicted octanol–water partition coefficient (Wildman–Crippen LogP) is 20.0. The molecule has 0 saturated heterocycles. The number of hydrogen-bond donors (Lipinski definition) is 0. The molecule has 73 heavy (non-hydrogen) atoms. The summed E-state index contributed by atoms with van der Waals surface area (Å²) in [4.78, 5) is 4.77. The number of nitrogens with zero attached hydrogens (tertiary/aromatic N) is 2. The first-order valence-corrected chi connectivity index (χ1v) is 24.7. The van der Waals surface area contributed by atoms with Crippen LogP contribution < -0.4 is 9.80 Å². The second kappa shape index (κ2) is 16.4. The van der Waals surface area contributed by atoms with Crippen LogP contribution in [0, 0.1) is 0 Å². The summed E-state index contributed by atoms with van der Waals surface area (Å²) in [5, 5.41) is 13.3. The minimum absolute atomic E-state index is 0.838. The minimum atomic E-state index is 0.838. The third-order valence-electron chi connectivity index (χ3n) is 14.7. The van der Waals surface area contributed by atoms with E-state index in [-0.39, 0.29) is 0 Å². The molecule has 342 valence electrons. The van der Waals surface area contributed by atoms with E-state index in [1.807, 2.05) is 12.1 Å². The van der Waals surface area contributed by atoms with Crippen LogP contribution in [0.1, 0.15) is 0 Å². The Kier molecular flexibility index (Phi) is 9.19. The molecular formula is C68H42N2O3. The van der Waals surface area contributed by atoms with Crippen LogP contribution in [0.2, 0.25) is 0 Å². The molecule has 0 bridgehead atoms. The maximum Gasteiger partial charge on any atom is 0.143 e. The minimum Gasteiger partial charge on any atom is -0.464 e. The Morgan fingerprint density at radius 3 is 1.16 bits per heavy atom. The van der Waals surface area contributed by atoms with Gasteiger partial charge in [0.05, 0.1) is 35.3 Å². The zero-order chi connectivity index (χ0) is 48.0. The molecule has 0 aliphatic rings. The molecule has 0 atom stereocenters. The first-order chi connectivity index (χ1) is 36.2. The monoisotopic (exact) mass is 934 g/mol. The molecule has 0 amide bonds. The average molecular weight is 935 g/mol. The Balaban J connectivity index is 0.898. The summed E-state index contributed by atoms with van der Waals surface area (Å²) in [6.07, 6.45) is 3.57. The molecule has 15 aromatic rings. The number of rotatable bonds is 8. The molecule has 12 aromatic carbocycles. The lowest BCUT2D eigenvalue weighted by atomic mass is 9.98. The van der Waals surface area contributed by atoms with Gasteiger partial charge in [-0.3, -0.25) is 0 Å². The summed E-state index contributed by atoms with van der Waals surface area (Å²) in [6.45, 7) is 0. The van der Waals surface area contributed by atoms with Gasteiger partial charge in [-0.2, -0.15) is 0 Å². The number of anilines is 6. The van der Waals surface area contributed by atoms with Gasteiger partial charge in [-0.25, -0.2) is 0 Å². The molecule has 3 aromatic heterocycles. The van der Waals surface area contributed by atoms with Crippen molar-refractivity contribution >= 4 is 121 Å². The van der Waals surface area contributed by atoms with Gasteiger partial charge in [0.15, 0.2) is 0 Å². The van der Waals surface area contributed by atoms with E-state index in [1.54, 1.807) is 12.5 Å². The van der Waals surface area contributed by atoms with Crippen molar-refractivity contribution in [3.05, 3.63) is 255 Å². The summed E-state index contributed by atoms with van der Waals surface area (Å²) >= 11 is 0. The lowest BCUT2D eigenvalue weighted by Gasteiger charge is -2.29. The fourth-order valence-corrected chi connectivity index (χ4v) is 11.3. The van der Waals surface area contributed by atoms with Crippen LogP contribution in [0.15, 0.2) is 268 Å². The topological polar surface area (TPSA) is 45.9 Å². The van der Waals surface area contributed by atoms with Crippen molar-refractivity contribution < 1.29 is 13.3 Å². The normalized spacial score (nSPS) is 11.8. The van der Waals surface area contributed by atoms with Crippen molar-refractivity contribution in [2.24, 2.45) is 0 Å². The first kappa shape index (κ1) is 41.0. The molecule has 15 rings (SSSR count). The maximum absolute atomic E-state index is 6.90. The highest BCUT2D eigenvalue weighted by Gasteiger charge is 2.25. The summed E-state index contributed by atoms with van der Waals surface area (Å²) in [6, 6.07) is 86.8. The number of benzene rings is 12. The quantitative estimate of drug-likeness (QED) is 0.152. The maximum atomic E-state index is 6.90. The molecule has 5 nitrogen and oxygen atoms in total. The highest BCUT2D eigenvalue weighted by atomic mass is 16.3. The lowest BCUT2D eigenvalue weighted by molar-refractivity contribution is 0.616. The van der Waals surface area contributed by atoms with Crippen LogP contribution in [-0.4, -0.2) is 0 Å². The highest BCUT2D eigenvalue weighted by molar-refractivity contribution is 6.15. The molecule has 0 aliphatic carbocycles. The fourth-order valence-electron chi connectivity index (χ4n) is 11.3. The number of furan rings is 3. The van der Waals surface area contributed by atoms with Crippen LogP contribution in [0.4, 0.5) is 34.1 Å². The van der Waals surface area contributed by atoms with E-state index in [1.165, 1.54) is 10.8 Å². The van der Waals surface area contributed by atoms with Crippen molar-refractivity contribution in [3.63, 3.8) is 0 Å². The SMILES string of the molecule is c1ccc(-c2c(N(c3ccc4cc5c(cc4c3)oc3cc4cc(N(c6ccc7ccoc7c6-c6ccccc6)c6cccc7ccccc67)ccc4cc35)c3cccc4ccccc34)ccc3ccoc23)cc1. The van der Waals surface area contributed by atoms with Gasteiger partial charge in [0.1, 0.15) is 22.3 Å². The van der Waals surface area contributed by atoms with Crippen LogP contribution in [-0.2, 0) is 0 Å². The molecule has 5 heteroatoms. The Hall–Kier alpha value is -9.84. The van der Waals surface area contributed by atoms with E-state index < -0.39 is 0 Å². The third kappa shape index (κ3) is 6.63. The van der Waals surface area contributed by atoms with Crippen molar-refractivity contribution in [2.45, 2.75) is 0 Å².